The fraction of sp³-hybridized carbons (Fsp3) is 0.286. The summed E-state index contributed by atoms with van der Waals surface area (Å²) in [7, 11) is 0. The Morgan fingerprint density at radius 3 is 2.79 bits per heavy atom. The molecule has 1 aliphatic heterocycles. The van der Waals surface area contributed by atoms with Crippen LogP contribution >= 0.6 is 0 Å². The maximum Gasteiger partial charge on any atom is 0.231 e. The average Bonchev–Trinajstić information content (AvgIpc) is 3.06. The molecule has 1 aromatic heterocycles. The Labute approximate surface area is 110 Å². The molecule has 2 heterocycles. The van der Waals surface area contributed by atoms with Crippen LogP contribution in [0.3, 0.4) is 0 Å². The number of benzene rings is 1. The van der Waals surface area contributed by atoms with E-state index in [0.29, 0.717) is 19.8 Å². The molecule has 0 spiro atoms. The Balaban J connectivity index is 1.54. The van der Waals surface area contributed by atoms with Crippen molar-refractivity contribution < 1.29 is 18.6 Å². The van der Waals surface area contributed by atoms with E-state index in [4.69, 9.17) is 24.4 Å². The van der Waals surface area contributed by atoms with Crippen molar-refractivity contribution in [3.05, 3.63) is 47.4 Å². The molecule has 0 unspecified atom stereocenters. The molecule has 0 saturated heterocycles. The van der Waals surface area contributed by atoms with Gasteiger partial charge in [0.05, 0.1) is 12.9 Å². The van der Waals surface area contributed by atoms with Gasteiger partial charge in [0, 0.05) is 12.1 Å². The Hall–Kier alpha value is -1.98. The molecule has 0 aliphatic carbocycles. The zero-order valence-electron chi connectivity index (χ0n) is 10.4. The van der Waals surface area contributed by atoms with Gasteiger partial charge in [-0.2, -0.15) is 0 Å². The number of rotatable bonds is 5. The molecule has 19 heavy (non-hydrogen) atoms. The second-order valence-electron chi connectivity index (χ2n) is 4.31. The molecule has 0 bridgehead atoms. The highest BCUT2D eigenvalue weighted by Crippen LogP contribution is 2.32. The monoisotopic (exact) mass is 261 g/mol. The van der Waals surface area contributed by atoms with Gasteiger partial charge in [0.2, 0.25) is 6.79 Å². The van der Waals surface area contributed by atoms with Crippen LogP contribution in [0.4, 0.5) is 0 Å². The first-order valence-electron chi connectivity index (χ1n) is 6.08. The standard InChI is InChI=1S/C14H15NO4/c15-5-11-3-12(17-7-11)8-16-6-10-1-2-13-14(4-10)19-9-18-13/h1-4,7H,5-6,8-9,15H2. The van der Waals surface area contributed by atoms with Crippen molar-refractivity contribution in [1.82, 2.24) is 0 Å². The lowest BCUT2D eigenvalue weighted by Gasteiger charge is -2.03. The smallest absolute Gasteiger partial charge is 0.231 e. The van der Waals surface area contributed by atoms with E-state index in [0.717, 1.165) is 28.4 Å². The van der Waals surface area contributed by atoms with Crippen molar-refractivity contribution in [2.45, 2.75) is 19.8 Å². The van der Waals surface area contributed by atoms with Crippen LogP contribution in [0.5, 0.6) is 11.5 Å². The van der Waals surface area contributed by atoms with E-state index >= 15 is 0 Å². The number of hydrogen-bond donors (Lipinski definition) is 1. The topological polar surface area (TPSA) is 66.9 Å². The number of hydrogen-bond acceptors (Lipinski definition) is 5. The molecular weight excluding hydrogens is 246 g/mol. The molecule has 0 atom stereocenters. The molecule has 0 saturated carbocycles. The highest BCUT2D eigenvalue weighted by atomic mass is 16.7. The molecule has 100 valence electrons. The largest absolute Gasteiger partial charge is 0.467 e. The molecule has 2 N–H and O–H groups in total. The molecule has 2 aromatic rings. The maximum atomic E-state index is 5.59. The quantitative estimate of drug-likeness (QED) is 0.893. The van der Waals surface area contributed by atoms with Gasteiger partial charge in [0.15, 0.2) is 11.5 Å². The minimum Gasteiger partial charge on any atom is -0.467 e. The molecule has 1 aromatic carbocycles. The molecular formula is C14H15NO4. The predicted octanol–water partition coefficient (Wildman–Crippen LogP) is 2.18. The number of fused-ring (bicyclic) bond motifs is 1. The van der Waals surface area contributed by atoms with Gasteiger partial charge < -0.3 is 24.4 Å². The fourth-order valence-electron chi connectivity index (χ4n) is 1.91. The fourth-order valence-corrected chi connectivity index (χ4v) is 1.91. The van der Waals surface area contributed by atoms with E-state index in [2.05, 4.69) is 0 Å². The Bertz CT molecular complexity index is 564. The lowest BCUT2D eigenvalue weighted by Crippen LogP contribution is -1.95. The summed E-state index contributed by atoms with van der Waals surface area (Å²) in [6.45, 7) is 1.68. The SMILES string of the molecule is NCc1coc(COCc2ccc3c(c2)OCO3)c1. The average molecular weight is 261 g/mol. The van der Waals surface area contributed by atoms with E-state index in [9.17, 15) is 0 Å². The third-order valence-corrected chi connectivity index (χ3v) is 2.89. The van der Waals surface area contributed by atoms with Gasteiger partial charge in [-0.1, -0.05) is 6.07 Å². The van der Waals surface area contributed by atoms with E-state index in [1.165, 1.54) is 0 Å². The van der Waals surface area contributed by atoms with Gasteiger partial charge in [0.25, 0.3) is 0 Å². The first-order valence-corrected chi connectivity index (χ1v) is 6.08. The van der Waals surface area contributed by atoms with Gasteiger partial charge in [-0.15, -0.1) is 0 Å². The lowest BCUT2D eigenvalue weighted by molar-refractivity contribution is 0.0928. The van der Waals surface area contributed by atoms with Crippen molar-refractivity contribution in [3.8, 4) is 11.5 Å². The zero-order chi connectivity index (χ0) is 13.1. The van der Waals surface area contributed by atoms with Crippen LogP contribution < -0.4 is 15.2 Å². The first kappa shape index (κ1) is 12.1. The van der Waals surface area contributed by atoms with Gasteiger partial charge in [-0.05, 0) is 23.8 Å². The molecule has 5 heteroatoms. The molecule has 5 nitrogen and oxygen atoms in total. The molecule has 0 amide bonds. The van der Waals surface area contributed by atoms with Crippen LogP contribution in [-0.4, -0.2) is 6.79 Å². The normalized spacial score (nSPS) is 12.9. The minimum absolute atomic E-state index is 0.286. The lowest BCUT2D eigenvalue weighted by atomic mass is 10.2. The summed E-state index contributed by atoms with van der Waals surface area (Å²) in [6.07, 6.45) is 1.65. The van der Waals surface area contributed by atoms with Gasteiger partial charge in [-0.3, -0.25) is 0 Å². The van der Waals surface area contributed by atoms with Crippen molar-refractivity contribution in [1.29, 1.82) is 0 Å². The Kier molecular flexibility index (Phi) is 3.39. The number of furan rings is 1. The summed E-state index contributed by atoms with van der Waals surface area (Å²) in [5.41, 5.74) is 7.52. The molecule has 3 rings (SSSR count). The minimum atomic E-state index is 0.286. The van der Waals surface area contributed by atoms with E-state index in [1.807, 2.05) is 24.3 Å². The summed E-state index contributed by atoms with van der Waals surface area (Å²) in [4.78, 5) is 0. The van der Waals surface area contributed by atoms with E-state index < -0.39 is 0 Å². The summed E-state index contributed by atoms with van der Waals surface area (Å²) in [6, 6.07) is 7.68. The van der Waals surface area contributed by atoms with E-state index in [1.54, 1.807) is 6.26 Å². The van der Waals surface area contributed by atoms with Gasteiger partial charge in [-0.25, -0.2) is 0 Å². The van der Waals surface area contributed by atoms with Crippen LogP contribution in [-0.2, 0) is 24.5 Å². The highest BCUT2D eigenvalue weighted by molar-refractivity contribution is 5.44. The molecule has 0 fully saturated rings. The van der Waals surface area contributed by atoms with Crippen molar-refractivity contribution in [3.63, 3.8) is 0 Å². The Morgan fingerprint density at radius 1 is 1.05 bits per heavy atom. The third kappa shape index (κ3) is 2.72. The summed E-state index contributed by atoms with van der Waals surface area (Å²) < 4.78 is 21.5. The van der Waals surface area contributed by atoms with Crippen LogP contribution in [0, 0.1) is 0 Å². The second kappa shape index (κ2) is 5.34. The molecule has 1 aliphatic rings. The van der Waals surface area contributed by atoms with Crippen LogP contribution in [0.15, 0.2) is 34.9 Å². The molecule has 0 radical (unpaired) electrons. The van der Waals surface area contributed by atoms with Crippen LogP contribution in [0.1, 0.15) is 16.9 Å². The number of nitrogens with two attached hydrogens (primary N) is 1. The van der Waals surface area contributed by atoms with Crippen molar-refractivity contribution in [2.75, 3.05) is 6.79 Å². The third-order valence-electron chi connectivity index (χ3n) is 2.89. The van der Waals surface area contributed by atoms with Crippen molar-refractivity contribution in [2.24, 2.45) is 5.73 Å². The van der Waals surface area contributed by atoms with Crippen LogP contribution in [0.25, 0.3) is 0 Å². The summed E-state index contributed by atoms with van der Waals surface area (Å²) in [5, 5.41) is 0. The van der Waals surface area contributed by atoms with Gasteiger partial charge in [0.1, 0.15) is 12.4 Å². The zero-order valence-corrected chi connectivity index (χ0v) is 10.4. The Morgan fingerprint density at radius 2 is 1.95 bits per heavy atom. The summed E-state index contributed by atoms with van der Waals surface area (Å²) >= 11 is 0. The second-order valence-corrected chi connectivity index (χ2v) is 4.31. The number of ether oxygens (including phenoxy) is 3. The highest BCUT2D eigenvalue weighted by Gasteiger charge is 2.13. The van der Waals surface area contributed by atoms with E-state index in [-0.39, 0.29) is 6.79 Å². The van der Waals surface area contributed by atoms with Crippen molar-refractivity contribution >= 4 is 0 Å². The predicted molar refractivity (Wildman–Crippen MR) is 67.7 cm³/mol. The maximum absolute atomic E-state index is 5.59. The van der Waals surface area contributed by atoms with Crippen LogP contribution in [0.2, 0.25) is 0 Å². The first-order chi connectivity index (χ1) is 9.35. The van der Waals surface area contributed by atoms with Gasteiger partial charge >= 0.3 is 0 Å². The summed E-state index contributed by atoms with van der Waals surface area (Å²) in [5.74, 6) is 2.33.